The Labute approximate surface area is 240 Å². The number of nitrogens with zero attached hydrogens (tertiary/aromatic N) is 4. The summed E-state index contributed by atoms with van der Waals surface area (Å²) < 4.78 is 10.7. The summed E-state index contributed by atoms with van der Waals surface area (Å²) >= 11 is 1.44. The molecule has 4 aliphatic heterocycles. The fraction of sp³-hybridized carbons (Fsp3) is 0.643. The summed E-state index contributed by atoms with van der Waals surface area (Å²) in [4.78, 5) is 58.1. The summed E-state index contributed by atoms with van der Waals surface area (Å²) in [7, 11) is 4.01. The molecule has 3 fully saturated rings. The van der Waals surface area contributed by atoms with Gasteiger partial charge in [0.05, 0.1) is 45.2 Å². The number of aliphatic hydroxyl groups is 1. The van der Waals surface area contributed by atoms with Gasteiger partial charge in [-0.25, -0.2) is 9.59 Å². The van der Waals surface area contributed by atoms with Crippen LogP contribution < -0.4 is 0 Å². The van der Waals surface area contributed by atoms with E-state index in [-0.39, 0.29) is 49.2 Å². The van der Waals surface area contributed by atoms with Gasteiger partial charge in [-0.15, -0.1) is 11.8 Å². The zero-order valence-corrected chi connectivity index (χ0v) is 24.8. The Balaban J connectivity index is 1.66. The van der Waals surface area contributed by atoms with Crippen molar-refractivity contribution >= 4 is 35.6 Å². The fourth-order valence-corrected chi connectivity index (χ4v) is 7.82. The molecule has 4 aliphatic rings. The highest BCUT2D eigenvalue weighted by atomic mass is 32.2. The minimum Gasteiger partial charge on any atom is -0.457 e. The number of rotatable bonds is 9. The Morgan fingerprint density at radius 2 is 1.88 bits per heavy atom. The predicted molar refractivity (Wildman–Crippen MR) is 149 cm³/mol. The van der Waals surface area contributed by atoms with Gasteiger partial charge in [-0.1, -0.05) is 32.2 Å². The minimum atomic E-state index is -0.861. The summed E-state index contributed by atoms with van der Waals surface area (Å²) in [6.45, 7) is 14.6. The molecule has 0 aromatic rings. The predicted octanol–water partition coefficient (Wildman–Crippen LogP) is 1.55. The number of aliphatic hydroxyl groups excluding tert-OH is 1. The molecular weight excluding hydrogens is 536 g/mol. The lowest BCUT2D eigenvalue weighted by Crippen LogP contribution is -2.63. The first-order valence-corrected chi connectivity index (χ1v) is 14.4. The summed E-state index contributed by atoms with van der Waals surface area (Å²) in [5.41, 5.74) is 0.185. The maximum Gasteiger partial charge on any atom is 0.411 e. The molecule has 4 heterocycles. The van der Waals surface area contributed by atoms with E-state index in [1.807, 2.05) is 27.9 Å². The summed E-state index contributed by atoms with van der Waals surface area (Å²) in [5.74, 6) is -1.82. The van der Waals surface area contributed by atoms with Gasteiger partial charge < -0.3 is 28.9 Å². The van der Waals surface area contributed by atoms with Crippen LogP contribution in [0.1, 0.15) is 27.2 Å². The lowest BCUT2D eigenvalue weighted by atomic mass is 9.79. The number of ether oxygens (including phenoxy) is 2. The van der Waals surface area contributed by atoms with Crippen molar-refractivity contribution in [3.05, 3.63) is 35.9 Å². The van der Waals surface area contributed by atoms with Gasteiger partial charge >= 0.3 is 12.1 Å². The van der Waals surface area contributed by atoms with Gasteiger partial charge in [0.25, 0.3) is 5.91 Å². The molecule has 11 nitrogen and oxygen atoms in total. The van der Waals surface area contributed by atoms with Crippen molar-refractivity contribution in [3.8, 4) is 0 Å². The number of β-lactam (4-membered cyclic amide) rings is 1. The number of likely N-dealkylation sites (N-methyl/N-ethyl adjacent to an activating group) is 1. The summed E-state index contributed by atoms with van der Waals surface area (Å²) in [5, 5.41) is 10.3. The van der Waals surface area contributed by atoms with Gasteiger partial charge in [0.1, 0.15) is 25.1 Å². The van der Waals surface area contributed by atoms with E-state index in [0.717, 1.165) is 6.54 Å². The van der Waals surface area contributed by atoms with Crippen molar-refractivity contribution < 1.29 is 38.2 Å². The van der Waals surface area contributed by atoms with Crippen LogP contribution in [0.2, 0.25) is 0 Å². The third-order valence-corrected chi connectivity index (χ3v) is 9.79. The first-order chi connectivity index (χ1) is 18.7. The molecule has 12 heteroatoms. The van der Waals surface area contributed by atoms with Crippen LogP contribution >= 0.6 is 11.8 Å². The quantitative estimate of drug-likeness (QED) is 0.190. The van der Waals surface area contributed by atoms with E-state index in [1.54, 1.807) is 16.7 Å². The molecule has 3 amide bonds. The monoisotopic (exact) mass is 577 g/mol. The standard InChI is InChI=1S/C28H41N4O7S/c1-8-12-38-26(36)23-24(17(3)22-21(18(4)33)25(35)31(22)23)40-28(5)14-19(30(16-28)27(37)39-13-9-2)29-10-11-32(6,7)15-20(29)34/h8-9,17-19,21-22,33H,1-2,10-16H2,3-7H3/q+1/t17-,18-,19+,21-,22-,28+/m1/s1. The Morgan fingerprint density at radius 3 is 2.48 bits per heavy atom. The molecule has 0 aromatic carbocycles. The maximum absolute atomic E-state index is 13.2. The number of carbonyl (C=O) groups excluding carboxylic acids is 4. The SMILES string of the molecule is C=CCOC(=O)C1=C(S[C@@]2(C)C[C@@H](N3CC[N+](C)(C)CC3=O)N(C(=O)OCC=C)C2)[C@H](C)[C@@H]2[C@@H]([C@@H](C)O)C(=O)N12. The maximum atomic E-state index is 13.2. The number of quaternary nitrogens is 1. The van der Waals surface area contributed by atoms with Crippen LogP contribution in [-0.2, 0) is 23.9 Å². The van der Waals surface area contributed by atoms with Crippen molar-refractivity contribution in [1.29, 1.82) is 0 Å². The zero-order chi connectivity index (χ0) is 29.6. The van der Waals surface area contributed by atoms with Crippen molar-refractivity contribution in [2.45, 2.75) is 50.3 Å². The minimum absolute atomic E-state index is 0.00458. The molecule has 0 aliphatic carbocycles. The smallest absolute Gasteiger partial charge is 0.411 e. The molecule has 0 radical (unpaired) electrons. The highest BCUT2D eigenvalue weighted by molar-refractivity contribution is 8.04. The number of piperazine rings is 1. The van der Waals surface area contributed by atoms with Crippen molar-refractivity contribution in [2.75, 3.05) is 53.5 Å². The van der Waals surface area contributed by atoms with E-state index in [1.165, 1.54) is 28.8 Å². The Bertz CT molecular complexity index is 1140. The van der Waals surface area contributed by atoms with Gasteiger partial charge in [-0.3, -0.25) is 14.5 Å². The van der Waals surface area contributed by atoms with Gasteiger partial charge in [-0.2, -0.15) is 0 Å². The van der Waals surface area contributed by atoms with Gasteiger partial charge in [0.2, 0.25) is 5.91 Å². The average Bonchev–Trinajstić information content (AvgIpc) is 3.33. The van der Waals surface area contributed by atoms with Crippen molar-refractivity contribution in [2.24, 2.45) is 11.8 Å². The average molecular weight is 578 g/mol. The Hall–Kier alpha value is -2.83. The second-order valence-corrected chi connectivity index (χ2v) is 13.6. The lowest BCUT2D eigenvalue weighted by Gasteiger charge is -2.46. The third-order valence-electron chi connectivity index (χ3n) is 8.22. The number of likely N-dealkylation sites (tertiary alicyclic amines) is 1. The molecule has 0 saturated carbocycles. The van der Waals surface area contributed by atoms with Gasteiger partial charge in [-0.05, 0) is 13.8 Å². The lowest BCUT2D eigenvalue weighted by molar-refractivity contribution is -0.885. The van der Waals surface area contributed by atoms with Gasteiger partial charge in [0.15, 0.2) is 6.54 Å². The number of carbonyl (C=O) groups is 4. The molecule has 220 valence electrons. The van der Waals surface area contributed by atoms with E-state index in [4.69, 9.17) is 9.47 Å². The molecule has 40 heavy (non-hydrogen) atoms. The number of esters is 1. The van der Waals surface area contributed by atoms with Crippen molar-refractivity contribution in [3.63, 3.8) is 0 Å². The largest absolute Gasteiger partial charge is 0.457 e. The van der Waals surface area contributed by atoms with E-state index in [2.05, 4.69) is 13.2 Å². The number of amides is 3. The molecule has 6 atom stereocenters. The normalized spacial score (nSPS) is 32.0. The molecule has 4 rings (SSSR count). The molecular formula is C28H41N4O7S+. The summed E-state index contributed by atoms with van der Waals surface area (Å²) in [6.07, 6.45) is 1.50. The van der Waals surface area contributed by atoms with Crippen LogP contribution in [0.25, 0.3) is 0 Å². The molecule has 0 bridgehead atoms. The third kappa shape index (κ3) is 5.40. The number of thioether (sulfide) groups is 1. The Kier molecular flexibility index (Phi) is 8.45. The Morgan fingerprint density at radius 1 is 1.23 bits per heavy atom. The van der Waals surface area contributed by atoms with Crippen LogP contribution in [0, 0.1) is 11.8 Å². The van der Waals surface area contributed by atoms with E-state index >= 15 is 0 Å². The first-order valence-electron chi connectivity index (χ1n) is 13.6. The van der Waals surface area contributed by atoms with Crippen LogP contribution in [0.4, 0.5) is 4.79 Å². The van der Waals surface area contributed by atoms with Crippen LogP contribution in [0.5, 0.6) is 0 Å². The highest BCUT2D eigenvalue weighted by Gasteiger charge is 2.61. The van der Waals surface area contributed by atoms with E-state index in [9.17, 15) is 24.3 Å². The molecule has 0 spiro atoms. The van der Waals surface area contributed by atoms with E-state index < -0.39 is 35.0 Å². The zero-order valence-electron chi connectivity index (χ0n) is 24.0. The second-order valence-electron chi connectivity index (χ2n) is 12.0. The topological polar surface area (TPSA) is 117 Å². The fourth-order valence-electron chi connectivity index (χ4n) is 6.25. The molecule has 0 aromatic heterocycles. The van der Waals surface area contributed by atoms with Crippen LogP contribution in [0.15, 0.2) is 35.9 Å². The molecule has 3 saturated heterocycles. The van der Waals surface area contributed by atoms with E-state index in [0.29, 0.717) is 28.9 Å². The number of hydrogen-bond donors (Lipinski definition) is 1. The molecule has 1 N–H and O–H groups in total. The van der Waals surface area contributed by atoms with Crippen molar-refractivity contribution in [1.82, 2.24) is 14.7 Å². The summed E-state index contributed by atoms with van der Waals surface area (Å²) in [6, 6.07) is -0.362. The highest BCUT2D eigenvalue weighted by Crippen LogP contribution is 2.55. The molecule has 0 unspecified atom stereocenters. The number of fused-ring (bicyclic) bond motifs is 1. The van der Waals surface area contributed by atoms with Gasteiger partial charge in [0, 0.05) is 28.5 Å². The van der Waals surface area contributed by atoms with Crippen LogP contribution in [0.3, 0.4) is 0 Å². The number of hydrogen-bond acceptors (Lipinski definition) is 8. The second kappa shape index (κ2) is 11.2. The first kappa shape index (κ1) is 30.1. The van der Waals surface area contributed by atoms with Crippen LogP contribution in [-0.4, -0.2) is 125 Å².